The van der Waals surface area contributed by atoms with Crippen LogP contribution in [0, 0.1) is 6.92 Å². The molecule has 1 aliphatic heterocycles. The van der Waals surface area contributed by atoms with Crippen LogP contribution in [0.25, 0.3) is 0 Å². The molecule has 3 rings (SSSR count). The standard InChI is InChI=1S/C15H20N4O2S/c1-9(2)14-17-13(18-21-14)11-5-4-6-19(7-11)15(20)12-10(3)16-8-22-12/h8-9,11H,4-7H2,1-3H3/t11-/m1/s1. The zero-order chi connectivity index (χ0) is 15.7. The number of rotatable bonds is 3. The van der Waals surface area contributed by atoms with Crippen molar-refractivity contribution in [1.82, 2.24) is 20.0 Å². The number of nitrogens with zero attached hydrogens (tertiary/aromatic N) is 4. The summed E-state index contributed by atoms with van der Waals surface area (Å²) in [7, 11) is 0. The largest absolute Gasteiger partial charge is 0.339 e. The van der Waals surface area contributed by atoms with E-state index in [-0.39, 0.29) is 17.7 Å². The van der Waals surface area contributed by atoms with E-state index in [1.807, 2.05) is 25.7 Å². The number of carbonyl (C=O) groups excluding carboxylic acids is 1. The Labute approximate surface area is 133 Å². The van der Waals surface area contributed by atoms with Gasteiger partial charge in [-0.05, 0) is 19.8 Å². The van der Waals surface area contributed by atoms with Crippen molar-refractivity contribution in [2.45, 2.75) is 45.4 Å². The van der Waals surface area contributed by atoms with Crippen molar-refractivity contribution >= 4 is 17.2 Å². The fourth-order valence-corrected chi connectivity index (χ4v) is 3.44. The molecule has 2 aromatic rings. The molecule has 6 nitrogen and oxygen atoms in total. The van der Waals surface area contributed by atoms with E-state index >= 15 is 0 Å². The van der Waals surface area contributed by atoms with E-state index in [0.29, 0.717) is 12.4 Å². The molecular formula is C15H20N4O2S. The van der Waals surface area contributed by atoms with Gasteiger partial charge in [0.15, 0.2) is 5.82 Å². The lowest BCUT2D eigenvalue weighted by Gasteiger charge is -2.31. The van der Waals surface area contributed by atoms with Gasteiger partial charge < -0.3 is 9.42 Å². The Hall–Kier alpha value is -1.76. The zero-order valence-electron chi connectivity index (χ0n) is 13.1. The summed E-state index contributed by atoms with van der Waals surface area (Å²) in [6.07, 6.45) is 1.95. The lowest BCUT2D eigenvalue weighted by atomic mass is 9.97. The smallest absolute Gasteiger partial charge is 0.265 e. The molecule has 0 aromatic carbocycles. The van der Waals surface area contributed by atoms with Gasteiger partial charge in [0, 0.05) is 24.9 Å². The number of amides is 1. The number of carbonyl (C=O) groups is 1. The molecule has 1 saturated heterocycles. The maximum Gasteiger partial charge on any atom is 0.265 e. The highest BCUT2D eigenvalue weighted by Gasteiger charge is 2.30. The maximum atomic E-state index is 12.6. The number of aromatic nitrogens is 3. The minimum Gasteiger partial charge on any atom is -0.339 e. The van der Waals surface area contributed by atoms with Crippen molar-refractivity contribution in [1.29, 1.82) is 0 Å². The highest BCUT2D eigenvalue weighted by Crippen LogP contribution is 2.28. The second-order valence-electron chi connectivity index (χ2n) is 6.00. The fourth-order valence-electron chi connectivity index (χ4n) is 2.67. The van der Waals surface area contributed by atoms with Gasteiger partial charge in [-0.3, -0.25) is 4.79 Å². The van der Waals surface area contributed by atoms with Gasteiger partial charge in [-0.25, -0.2) is 4.98 Å². The Morgan fingerprint density at radius 3 is 2.95 bits per heavy atom. The molecule has 0 unspecified atom stereocenters. The molecule has 118 valence electrons. The second-order valence-corrected chi connectivity index (χ2v) is 6.86. The summed E-state index contributed by atoms with van der Waals surface area (Å²) in [5.41, 5.74) is 2.52. The van der Waals surface area contributed by atoms with Crippen LogP contribution in [-0.4, -0.2) is 39.0 Å². The molecular weight excluding hydrogens is 300 g/mol. The molecule has 1 atom stereocenters. The third-order valence-corrected chi connectivity index (χ3v) is 4.88. The summed E-state index contributed by atoms with van der Waals surface area (Å²) in [5, 5.41) is 4.10. The van der Waals surface area contributed by atoms with Crippen molar-refractivity contribution in [2.24, 2.45) is 0 Å². The van der Waals surface area contributed by atoms with Crippen molar-refractivity contribution in [3.63, 3.8) is 0 Å². The van der Waals surface area contributed by atoms with Crippen LogP contribution in [0.5, 0.6) is 0 Å². The molecule has 7 heteroatoms. The Kier molecular flexibility index (Phi) is 4.24. The number of piperidine rings is 1. The molecule has 0 spiro atoms. The van der Waals surface area contributed by atoms with Gasteiger partial charge in [0.05, 0.1) is 11.2 Å². The molecule has 0 N–H and O–H groups in total. The Bertz CT molecular complexity index is 664. The summed E-state index contributed by atoms with van der Waals surface area (Å²) in [6.45, 7) is 7.36. The van der Waals surface area contributed by atoms with Crippen LogP contribution in [-0.2, 0) is 0 Å². The summed E-state index contributed by atoms with van der Waals surface area (Å²) < 4.78 is 5.29. The fraction of sp³-hybridized carbons (Fsp3) is 0.600. The first-order chi connectivity index (χ1) is 10.6. The predicted octanol–water partition coefficient (Wildman–Crippen LogP) is 2.98. The third-order valence-electron chi connectivity index (χ3n) is 3.96. The number of thiazole rings is 1. The van der Waals surface area contributed by atoms with E-state index in [1.165, 1.54) is 11.3 Å². The molecule has 1 fully saturated rings. The lowest BCUT2D eigenvalue weighted by molar-refractivity contribution is 0.0707. The number of likely N-dealkylation sites (tertiary alicyclic amines) is 1. The number of hydrogen-bond acceptors (Lipinski definition) is 6. The summed E-state index contributed by atoms with van der Waals surface area (Å²) in [6, 6.07) is 0. The minimum absolute atomic E-state index is 0.0669. The average Bonchev–Trinajstić information content (AvgIpc) is 3.15. The van der Waals surface area contributed by atoms with Crippen molar-refractivity contribution < 1.29 is 9.32 Å². The zero-order valence-corrected chi connectivity index (χ0v) is 13.9. The quantitative estimate of drug-likeness (QED) is 0.869. The highest BCUT2D eigenvalue weighted by atomic mass is 32.1. The summed E-state index contributed by atoms with van der Waals surface area (Å²) in [5.74, 6) is 1.83. The normalized spacial score (nSPS) is 18.9. The minimum atomic E-state index is 0.0669. The average molecular weight is 320 g/mol. The van der Waals surface area contributed by atoms with Crippen LogP contribution >= 0.6 is 11.3 Å². The Morgan fingerprint density at radius 2 is 2.32 bits per heavy atom. The van der Waals surface area contributed by atoms with E-state index in [1.54, 1.807) is 5.51 Å². The number of hydrogen-bond donors (Lipinski definition) is 0. The molecule has 0 bridgehead atoms. The third kappa shape index (κ3) is 2.90. The van der Waals surface area contributed by atoms with Crippen LogP contribution in [0.15, 0.2) is 10.0 Å². The van der Waals surface area contributed by atoms with Gasteiger partial charge in [-0.1, -0.05) is 19.0 Å². The summed E-state index contributed by atoms with van der Waals surface area (Å²) >= 11 is 1.40. The van der Waals surface area contributed by atoms with Crippen LogP contribution < -0.4 is 0 Å². The number of aryl methyl sites for hydroxylation is 1. The van der Waals surface area contributed by atoms with Gasteiger partial charge in [0.2, 0.25) is 5.89 Å². The molecule has 0 aliphatic carbocycles. The topological polar surface area (TPSA) is 72.1 Å². The van der Waals surface area contributed by atoms with Gasteiger partial charge in [-0.2, -0.15) is 4.98 Å². The highest BCUT2D eigenvalue weighted by molar-refractivity contribution is 7.11. The van der Waals surface area contributed by atoms with Gasteiger partial charge in [-0.15, -0.1) is 11.3 Å². The van der Waals surface area contributed by atoms with Gasteiger partial charge in [0.25, 0.3) is 5.91 Å². The first-order valence-corrected chi connectivity index (χ1v) is 8.47. The van der Waals surface area contributed by atoms with Crippen molar-refractivity contribution in [2.75, 3.05) is 13.1 Å². The van der Waals surface area contributed by atoms with E-state index in [9.17, 15) is 4.79 Å². The molecule has 3 heterocycles. The maximum absolute atomic E-state index is 12.6. The van der Waals surface area contributed by atoms with Gasteiger partial charge in [0.1, 0.15) is 4.88 Å². The van der Waals surface area contributed by atoms with E-state index < -0.39 is 0 Å². The Balaban J connectivity index is 1.73. The van der Waals surface area contributed by atoms with Crippen molar-refractivity contribution in [3.8, 4) is 0 Å². The van der Waals surface area contributed by atoms with E-state index in [4.69, 9.17) is 4.52 Å². The lowest BCUT2D eigenvalue weighted by Crippen LogP contribution is -2.39. The van der Waals surface area contributed by atoms with Crippen LogP contribution in [0.4, 0.5) is 0 Å². The second kappa shape index (κ2) is 6.16. The SMILES string of the molecule is Cc1ncsc1C(=O)N1CCC[C@@H](c2noc(C(C)C)n2)C1. The van der Waals surface area contributed by atoms with Crippen molar-refractivity contribution in [3.05, 3.63) is 27.8 Å². The molecule has 22 heavy (non-hydrogen) atoms. The summed E-state index contributed by atoms with van der Waals surface area (Å²) in [4.78, 5) is 23.9. The monoisotopic (exact) mass is 320 g/mol. The molecule has 0 saturated carbocycles. The molecule has 0 radical (unpaired) electrons. The van der Waals surface area contributed by atoms with Gasteiger partial charge >= 0.3 is 0 Å². The Morgan fingerprint density at radius 1 is 1.50 bits per heavy atom. The predicted molar refractivity (Wildman–Crippen MR) is 83.1 cm³/mol. The molecule has 2 aromatic heterocycles. The molecule has 1 aliphatic rings. The van der Waals surface area contributed by atoms with E-state index in [0.717, 1.165) is 35.8 Å². The van der Waals surface area contributed by atoms with Crippen LogP contribution in [0.2, 0.25) is 0 Å². The first-order valence-electron chi connectivity index (χ1n) is 7.59. The van der Waals surface area contributed by atoms with Crippen LogP contribution in [0.3, 0.4) is 0 Å². The van der Waals surface area contributed by atoms with Crippen LogP contribution in [0.1, 0.15) is 65.6 Å². The molecule has 1 amide bonds. The van der Waals surface area contributed by atoms with E-state index in [2.05, 4.69) is 15.1 Å². The first kappa shape index (κ1) is 15.1.